The first kappa shape index (κ1) is 16.1. The SMILES string of the molecule is [Ca+2].[Cl-].[Cl-].c1cc[nH]c1. The molecule has 1 aromatic rings. The Bertz CT molecular complexity index is 70.5. The van der Waals surface area contributed by atoms with E-state index < -0.39 is 0 Å². The smallest absolute Gasteiger partial charge is 1.00 e. The Morgan fingerprint density at radius 2 is 1.25 bits per heavy atom. The van der Waals surface area contributed by atoms with Gasteiger partial charge in [0, 0.05) is 12.4 Å². The van der Waals surface area contributed by atoms with Crippen molar-refractivity contribution in [2.75, 3.05) is 0 Å². The molecule has 0 saturated heterocycles. The standard InChI is InChI=1S/C4H5N.Ca.2ClH/c1-2-4-5-3-1;;;/h1-5H;;2*1H/q;+2;;/p-2. The van der Waals surface area contributed by atoms with Crippen LogP contribution in [0.2, 0.25) is 0 Å². The zero-order valence-electron chi connectivity index (χ0n) is 4.27. The van der Waals surface area contributed by atoms with Crippen molar-refractivity contribution >= 4 is 37.7 Å². The van der Waals surface area contributed by atoms with Gasteiger partial charge in [-0.05, 0) is 12.1 Å². The molecule has 1 rings (SSSR count). The van der Waals surface area contributed by atoms with Gasteiger partial charge in [0.1, 0.15) is 0 Å². The van der Waals surface area contributed by atoms with Crippen LogP contribution in [0.3, 0.4) is 0 Å². The van der Waals surface area contributed by atoms with Crippen LogP contribution in [-0.2, 0) is 0 Å². The second kappa shape index (κ2) is 11.0. The topological polar surface area (TPSA) is 15.8 Å². The van der Waals surface area contributed by atoms with Gasteiger partial charge in [0.05, 0.1) is 0 Å². The van der Waals surface area contributed by atoms with E-state index in [1.165, 1.54) is 0 Å². The third kappa shape index (κ3) is 7.12. The molecular weight excluding hydrogens is 173 g/mol. The van der Waals surface area contributed by atoms with Crippen molar-refractivity contribution in [1.29, 1.82) is 0 Å². The van der Waals surface area contributed by atoms with Crippen LogP contribution in [0.15, 0.2) is 24.5 Å². The first-order valence-electron chi connectivity index (χ1n) is 1.58. The Morgan fingerprint density at radius 3 is 1.38 bits per heavy atom. The van der Waals surface area contributed by atoms with E-state index >= 15 is 0 Å². The fraction of sp³-hybridized carbons (Fsp3) is 0. The van der Waals surface area contributed by atoms with Crippen molar-refractivity contribution in [1.82, 2.24) is 4.98 Å². The molecule has 0 fully saturated rings. The van der Waals surface area contributed by atoms with Gasteiger partial charge in [-0.15, -0.1) is 0 Å². The molecule has 8 heavy (non-hydrogen) atoms. The van der Waals surface area contributed by atoms with E-state index in [-0.39, 0.29) is 62.6 Å². The van der Waals surface area contributed by atoms with Gasteiger partial charge in [-0.3, -0.25) is 0 Å². The Hall–Kier alpha value is 1.12. The van der Waals surface area contributed by atoms with E-state index in [0.29, 0.717) is 0 Å². The van der Waals surface area contributed by atoms with E-state index in [2.05, 4.69) is 4.98 Å². The van der Waals surface area contributed by atoms with Crippen LogP contribution >= 0.6 is 0 Å². The number of hydrogen-bond acceptors (Lipinski definition) is 0. The first-order valence-corrected chi connectivity index (χ1v) is 1.58. The summed E-state index contributed by atoms with van der Waals surface area (Å²) in [5, 5.41) is 0. The number of rotatable bonds is 0. The van der Waals surface area contributed by atoms with Crippen LogP contribution in [0.25, 0.3) is 0 Å². The van der Waals surface area contributed by atoms with Crippen molar-refractivity contribution in [3.63, 3.8) is 0 Å². The Balaban J connectivity index is -0.0000000833. The summed E-state index contributed by atoms with van der Waals surface area (Å²) in [6, 6.07) is 3.89. The van der Waals surface area contributed by atoms with Gasteiger partial charge >= 0.3 is 37.7 Å². The zero-order valence-corrected chi connectivity index (χ0v) is 7.99. The molecule has 0 saturated carbocycles. The number of nitrogens with one attached hydrogen (secondary N) is 1. The van der Waals surface area contributed by atoms with Crippen molar-refractivity contribution in [3.05, 3.63) is 24.5 Å². The summed E-state index contributed by atoms with van der Waals surface area (Å²) >= 11 is 0. The molecule has 0 atom stereocenters. The molecular formula is C4H5CaCl2N. The summed E-state index contributed by atoms with van der Waals surface area (Å²) in [6.07, 6.45) is 3.75. The second-order valence-electron chi connectivity index (χ2n) is 0.885. The molecule has 42 valence electrons. The maximum Gasteiger partial charge on any atom is 2.00 e. The van der Waals surface area contributed by atoms with E-state index in [1.807, 2.05) is 24.5 Å². The molecule has 0 amide bonds. The first-order chi connectivity index (χ1) is 2.50. The molecule has 1 nitrogen and oxygen atoms in total. The summed E-state index contributed by atoms with van der Waals surface area (Å²) in [5.74, 6) is 0. The van der Waals surface area contributed by atoms with Gasteiger partial charge < -0.3 is 29.8 Å². The van der Waals surface area contributed by atoms with Gasteiger partial charge in [0.25, 0.3) is 0 Å². The monoisotopic (exact) mass is 177 g/mol. The molecule has 1 N–H and O–H groups in total. The fourth-order valence-electron chi connectivity index (χ4n) is 0.278. The van der Waals surface area contributed by atoms with Crippen LogP contribution < -0.4 is 24.8 Å². The van der Waals surface area contributed by atoms with Gasteiger partial charge in [-0.25, -0.2) is 0 Å². The Morgan fingerprint density at radius 1 is 0.875 bits per heavy atom. The third-order valence-electron chi connectivity index (χ3n) is 0.496. The number of hydrogen-bond donors (Lipinski definition) is 1. The number of H-pyrrole nitrogens is 1. The minimum Gasteiger partial charge on any atom is -1.00 e. The maximum atomic E-state index is 2.86. The van der Waals surface area contributed by atoms with E-state index in [9.17, 15) is 0 Å². The minimum absolute atomic E-state index is 0. The molecule has 1 heterocycles. The Labute approximate surface area is 91.1 Å². The minimum atomic E-state index is 0. The molecule has 0 spiro atoms. The van der Waals surface area contributed by atoms with E-state index in [1.54, 1.807) is 0 Å². The number of halogens is 2. The van der Waals surface area contributed by atoms with Gasteiger partial charge in [0.2, 0.25) is 0 Å². The van der Waals surface area contributed by atoms with Gasteiger partial charge in [-0.2, -0.15) is 0 Å². The van der Waals surface area contributed by atoms with E-state index in [4.69, 9.17) is 0 Å². The van der Waals surface area contributed by atoms with Crippen LogP contribution in [-0.4, -0.2) is 42.7 Å². The second-order valence-corrected chi connectivity index (χ2v) is 0.885. The van der Waals surface area contributed by atoms with Crippen molar-refractivity contribution in [2.45, 2.75) is 0 Å². The normalized spacial score (nSPS) is 5.00. The predicted octanol–water partition coefficient (Wildman–Crippen LogP) is -5.36. The molecule has 0 unspecified atom stereocenters. The zero-order chi connectivity index (χ0) is 3.54. The van der Waals surface area contributed by atoms with Crippen molar-refractivity contribution in [2.24, 2.45) is 0 Å². The van der Waals surface area contributed by atoms with Crippen molar-refractivity contribution < 1.29 is 24.8 Å². The van der Waals surface area contributed by atoms with Gasteiger partial charge in [0.15, 0.2) is 0 Å². The molecule has 1 aromatic heterocycles. The Kier molecular flexibility index (Phi) is 22.1. The number of aromatic amines is 1. The van der Waals surface area contributed by atoms with E-state index in [0.717, 1.165) is 0 Å². The third-order valence-corrected chi connectivity index (χ3v) is 0.496. The maximum absolute atomic E-state index is 2.86. The molecule has 0 aliphatic carbocycles. The quantitative estimate of drug-likeness (QED) is 0.382. The number of aromatic nitrogens is 1. The molecule has 4 heteroatoms. The summed E-state index contributed by atoms with van der Waals surface area (Å²) < 4.78 is 0. The fourth-order valence-corrected chi connectivity index (χ4v) is 0.278. The molecule has 0 aliphatic rings. The summed E-state index contributed by atoms with van der Waals surface area (Å²) in [4.78, 5) is 2.86. The van der Waals surface area contributed by atoms with Crippen LogP contribution in [0, 0.1) is 0 Å². The summed E-state index contributed by atoms with van der Waals surface area (Å²) in [7, 11) is 0. The van der Waals surface area contributed by atoms with Crippen LogP contribution in [0.5, 0.6) is 0 Å². The molecule has 0 aromatic carbocycles. The van der Waals surface area contributed by atoms with Crippen LogP contribution in [0.1, 0.15) is 0 Å². The van der Waals surface area contributed by atoms with Crippen molar-refractivity contribution in [3.8, 4) is 0 Å². The molecule has 0 aliphatic heterocycles. The molecule has 0 bridgehead atoms. The summed E-state index contributed by atoms with van der Waals surface area (Å²) in [6.45, 7) is 0. The molecule has 0 radical (unpaired) electrons. The average Bonchev–Trinajstić information content (AvgIpc) is 1.76. The average molecular weight is 178 g/mol. The summed E-state index contributed by atoms with van der Waals surface area (Å²) in [5.41, 5.74) is 0. The largest absolute Gasteiger partial charge is 2.00 e. The van der Waals surface area contributed by atoms with Crippen LogP contribution in [0.4, 0.5) is 0 Å². The van der Waals surface area contributed by atoms with Gasteiger partial charge in [-0.1, -0.05) is 0 Å². The predicted molar refractivity (Wildman–Crippen MR) is 26.5 cm³/mol.